The zero-order valence-corrected chi connectivity index (χ0v) is 18.4. The molecule has 3 heteroatoms. The topological polar surface area (TPSA) is 0 Å². The normalized spacial score (nSPS) is 8.77. The van der Waals surface area contributed by atoms with E-state index in [4.69, 9.17) is 0 Å². The summed E-state index contributed by atoms with van der Waals surface area (Å²) in [4.78, 5) is 0. The van der Waals surface area contributed by atoms with Crippen molar-refractivity contribution in [2.75, 3.05) is 0 Å². The first kappa shape index (κ1) is 27.2. The van der Waals surface area contributed by atoms with Crippen LogP contribution in [0.5, 0.6) is 0 Å². The van der Waals surface area contributed by atoms with Gasteiger partial charge in [0.2, 0.25) is 0 Å². The van der Waals surface area contributed by atoms with Gasteiger partial charge in [0.15, 0.2) is 0 Å². The van der Waals surface area contributed by atoms with Crippen molar-refractivity contribution in [2.24, 2.45) is 0 Å². The van der Waals surface area contributed by atoms with Gasteiger partial charge in [0.25, 0.3) is 0 Å². The number of benzene rings is 2. The summed E-state index contributed by atoms with van der Waals surface area (Å²) in [5.41, 5.74) is 2.70. The summed E-state index contributed by atoms with van der Waals surface area (Å²) < 4.78 is 0. The Morgan fingerprint density at radius 3 is 1.31 bits per heavy atom. The molecule has 0 radical (unpaired) electrons. The van der Waals surface area contributed by atoms with Gasteiger partial charge in [-0.1, -0.05) is 26.0 Å². The summed E-state index contributed by atoms with van der Waals surface area (Å²) in [6, 6.07) is 25.7. The molecule has 0 saturated carbocycles. The van der Waals surface area contributed by atoms with Gasteiger partial charge in [-0.25, -0.2) is 0 Å². The quantitative estimate of drug-likeness (QED) is 0.292. The van der Waals surface area contributed by atoms with Gasteiger partial charge >= 0.3 is 21.7 Å². The van der Waals surface area contributed by atoms with Gasteiger partial charge in [-0.05, 0) is 0 Å². The summed E-state index contributed by atoms with van der Waals surface area (Å²) in [7, 11) is 0. The zero-order chi connectivity index (χ0) is 16.7. The number of hydrogen-bond donors (Lipinski definition) is 0. The number of halogens is 2. The molecule has 0 fully saturated rings. The molecule has 4 aromatic carbocycles. The van der Waals surface area contributed by atoms with Crippen LogP contribution in [0.2, 0.25) is 0 Å². The van der Waals surface area contributed by atoms with Crippen LogP contribution in [-0.2, 0) is 21.7 Å². The molecule has 0 heterocycles. The van der Waals surface area contributed by atoms with Crippen molar-refractivity contribution in [1.82, 2.24) is 0 Å². The Kier molecular flexibility index (Phi) is 14.7. The van der Waals surface area contributed by atoms with Crippen molar-refractivity contribution >= 4 is 21.5 Å². The molecule has 0 spiro atoms. The van der Waals surface area contributed by atoms with Crippen LogP contribution in [0, 0.1) is 27.7 Å². The fourth-order valence-electron chi connectivity index (χ4n) is 2.61. The van der Waals surface area contributed by atoms with Gasteiger partial charge in [0.1, 0.15) is 0 Å². The fourth-order valence-corrected chi connectivity index (χ4v) is 2.61. The third-order valence-corrected chi connectivity index (χ3v) is 3.52. The summed E-state index contributed by atoms with van der Waals surface area (Å²) in [6.45, 7) is 11.0. The van der Waals surface area contributed by atoms with Crippen molar-refractivity contribution in [3.8, 4) is 0 Å². The second-order valence-corrected chi connectivity index (χ2v) is 5.68. The molecule has 0 aliphatic carbocycles. The van der Waals surface area contributed by atoms with Crippen molar-refractivity contribution in [1.29, 1.82) is 0 Å². The molecular formula is C23H24Cl2Ti-4. The zero-order valence-electron chi connectivity index (χ0n) is 15.3. The summed E-state index contributed by atoms with van der Waals surface area (Å²) in [5, 5.41) is 5.39. The van der Waals surface area contributed by atoms with E-state index in [1.165, 1.54) is 32.7 Å². The van der Waals surface area contributed by atoms with E-state index in [2.05, 4.69) is 100 Å². The van der Waals surface area contributed by atoms with E-state index >= 15 is 0 Å². The summed E-state index contributed by atoms with van der Waals surface area (Å²) in [6.07, 6.45) is 0.750. The number of aryl methyl sites for hydroxylation is 2. The van der Waals surface area contributed by atoms with Gasteiger partial charge < -0.3 is 45.1 Å². The van der Waals surface area contributed by atoms with Crippen LogP contribution in [0.15, 0.2) is 72.8 Å². The molecule has 4 aromatic rings. The first-order valence-electron chi connectivity index (χ1n) is 7.96. The third kappa shape index (κ3) is 8.10. The van der Waals surface area contributed by atoms with E-state index in [-0.39, 0.29) is 46.5 Å². The van der Waals surface area contributed by atoms with Crippen molar-refractivity contribution < 1.29 is 46.5 Å². The van der Waals surface area contributed by atoms with Crippen molar-refractivity contribution in [3.63, 3.8) is 0 Å². The molecule has 4 rings (SSSR count). The van der Waals surface area contributed by atoms with Crippen LogP contribution >= 0.6 is 0 Å². The summed E-state index contributed by atoms with van der Waals surface area (Å²) >= 11 is 0. The van der Waals surface area contributed by atoms with Gasteiger partial charge in [-0.3, -0.25) is 0 Å². The Bertz CT molecular complexity index is 721. The number of hydrogen-bond acceptors (Lipinski definition) is 0. The minimum atomic E-state index is 0. The van der Waals surface area contributed by atoms with E-state index in [1.807, 2.05) is 0 Å². The summed E-state index contributed by atoms with van der Waals surface area (Å²) in [5.74, 6) is 0. The van der Waals surface area contributed by atoms with E-state index in [0.29, 0.717) is 0 Å². The molecule has 0 atom stereocenters. The van der Waals surface area contributed by atoms with E-state index in [0.717, 1.165) is 6.42 Å². The molecule has 0 unspecified atom stereocenters. The van der Waals surface area contributed by atoms with E-state index < -0.39 is 0 Å². The van der Waals surface area contributed by atoms with Gasteiger partial charge in [-0.2, -0.15) is 12.1 Å². The first-order valence-corrected chi connectivity index (χ1v) is 7.96. The van der Waals surface area contributed by atoms with E-state index in [9.17, 15) is 0 Å². The second kappa shape index (κ2) is 14.1. The number of rotatable bonds is 0. The van der Waals surface area contributed by atoms with Crippen molar-refractivity contribution in [3.05, 3.63) is 97.8 Å². The molecule has 138 valence electrons. The Hall–Kier alpha value is -1.05. The second-order valence-electron chi connectivity index (χ2n) is 5.68. The molecule has 0 saturated heterocycles. The van der Waals surface area contributed by atoms with Gasteiger partial charge in [-0.15, -0.1) is 81.2 Å². The molecular weight excluding hydrogens is 395 g/mol. The van der Waals surface area contributed by atoms with Crippen LogP contribution in [0.25, 0.3) is 21.5 Å². The predicted molar refractivity (Wildman–Crippen MR) is 104 cm³/mol. The van der Waals surface area contributed by atoms with Crippen LogP contribution < -0.4 is 24.8 Å². The van der Waals surface area contributed by atoms with Crippen LogP contribution in [0.4, 0.5) is 0 Å². The minimum Gasteiger partial charge on any atom is -1.00 e. The minimum absolute atomic E-state index is 0. The van der Waals surface area contributed by atoms with Gasteiger partial charge in [0, 0.05) is 0 Å². The maximum absolute atomic E-state index is 3.38. The SMILES string of the molecule is Cc1cc2ccccc2[cH-]1.Cc1cc2ccccc2[cH-]1.[CH2-]C[CH2-].[Cl-].[Cl-].[Ti+2]. The first-order chi connectivity index (χ1) is 11.1. The fraction of sp³-hybridized carbons (Fsp3) is 0.130. The largest absolute Gasteiger partial charge is 2.00 e. The number of fused-ring (bicyclic) bond motifs is 2. The van der Waals surface area contributed by atoms with Gasteiger partial charge in [0.05, 0.1) is 0 Å². The maximum atomic E-state index is 3.38. The monoisotopic (exact) mass is 418 g/mol. The Morgan fingerprint density at radius 1 is 0.692 bits per heavy atom. The Labute approximate surface area is 185 Å². The third-order valence-electron chi connectivity index (χ3n) is 3.52. The molecule has 0 N–H and O–H groups in total. The smallest absolute Gasteiger partial charge is 1.00 e. The standard InChI is InChI=1S/2C10H9.C3H6.2ClH.Ti/c2*1-8-6-9-4-2-3-5-10(9)7-8;1-3-2;;;/h2*2-7H,1H3;1-3H2;2*1H;/q2*-1;-2;;;+2/p-2. The maximum Gasteiger partial charge on any atom is 2.00 e. The van der Waals surface area contributed by atoms with Crippen LogP contribution in [0.1, 0.15) is 17.5 Å². The molecule has 0 aromatic heterocycles. The van der Waals surface area contributed by atoms with Crippen LogP contribution in [0.3, 0.4) is 0 Å². The van der Waals surface area contributed by atoms with E-state index in [1.54, 1.807) is 0 Å². The molecule has 0 aliphatic rings. The Balaban J connectivity index is 0. The average molecular weight is 419 g/mol. The molecule has 0 amide bonds. The molecule has 0 nitrogen and oxygen atoms in total. The Morgan fingerprint density at radius 2 is 1.00 bits per heavy atom. The van der Waals surface area contributed by atoms with Crippen LogP contribution in [-0.4, -0.2) is 0 Å². The molecule has 26 heavy (non-hydrogen) atoms. The average Bonchev–Trinajstić information content (AvgIpc) is 3.08. The molecule has 0 aliphatic heterocycles. The molecule has 0 bridgehead atoms. The predicted octanol–water partition coefficient (Wildman–Crippen LogP) is 0.784. The van der Waals surface area contributed by atoms with Crippen molar-refractivity contribution in [2.45, 2.75) is 20.3 Å².